The Morgan fingerprint density at radius 3 is 3.08 bits per heavy atom. The average Bonchev–Trinajstić information content (AvgIpc) is 2.51. The first kappa shape index (κ1) is 8.86. The highest BCUT2D eigenvalue weighted by molar-refractivity contribution is 5.22. The fraction of sp³-hybridized carbons (Fsp3) is 0.500. The predicted molar refractivity (Wildman–Crippen MR) is 49.6 cm³/mol. The Morgan fingerprint density at radius 1 is 1.75 bits per heavy atom. The van der Waals surface area contributed by atoms with Gasteiger partial charge in [0.25, 0.3) is 0 Å². The van der Waals surface area contributed by atoms with Crippen LogP contribution < -0.4 is 0 Å². The summed E-state index contributed by atoms with van der Waals surface area (Å²) >= 11 is 0. The minimum atomic E-state index is 0.636. The van der Waals surface area contributed by atoms with Crippen molar-refractivity contribution in [2.75, 3.05) is 0 Å². The van der Waals surface area contributed by atoms with Crippen molar-refractivity contribution in [3.63, 3.8) is 0 Å². The zero-order chi connectivity index (χ0) is 8.97. The van der Waals surface area contributed by atoms with Crippen LogP contribution in [0, 0.1) is 18.3 Å². The number of terminal acetylenes is 1. The fourth-order valence-electron chi connectivity index (χ4n) is 1.03. The normalized spacial score (nSPS) is 12.4. The third kappa shape index (κ3) is 1.88. The van der Waals surface area contributed by atoms with Crippen LogP contribution in [0.4, 0.5) is 0 Å². The quantitative estimate of drug-likeness (QED) is 0.621. The summed E-state index contributed by atoms with van der Waals surface area (Å²) in [7, 11) is 0. The molecule has 0 aliphatic rings. The lowest BCUT2D eigenvalue weighted by molar-refractivity contribution is 0.436. The van der Waals surface area contributed by atoms with Crippen molar-refractivity contribution in [2.24, 2.45) is 5.92 Å². The minimum absolute atomic E-state index is 0.636. The molecule has 2 heteroatoms. The largest absolute Gasteiger partial charge is 0.257 e. The summed E-state index contributed by atoms with van der Waals surface area (Å²) in [6.07, 6.45) is 8.21. The molecule has 0 bridgehead atoms. The molecular formula is C10H14N2. The second-order valence-electron chi connectivity index (χ2n) is 3.06. The second-order valence-corrected chi connectivity index (χ2v) is 3.06. The van der Waals surface area contributed by atoms with E-state index in [2.05, 4.69) is 24.9 Å². The van der Waals surface area contributed by atoms with E-state index in [4.69, 9.17) is 6.42 Å². The van der Waals surface area contributed by atoms with Crippen molar-refractivity contribution in [2.45, 2.75) is 26.8 Å². The molecule has 0 saturated heterocycles. The van der Waals surface area contributed by atoms with Gasteiger partial charge in [-0.05, 0) is 12.0 Å². The van der Waals surface area contributed by atoms with Gasteiger partial charge in [0.05, 0.1) is 6.20 Å². The van der Waals surface area contributed by atoms with E-state index >= 15 is 0 Å². The molecular weight excluding hydrogens is 148 g/mol. The van der Waals surface area contributed by atoms with E-state index < -0.39 is 0 Å². The molecule has 0 aliphatic carbocycles. The van der Waals surface area contributed by atoms with Crippen LogP contribution in [0.2, 0.25) is 0 Å². The van der Waals surface area contributed by atoms with Crippen LogP contribution in [0.3, 0.4) is 0 Å². The van der Waals surface area contributed by atoms with Crippen LogP contribution in [0.25, 0.3) is 0 Å². The summed E-state index contributed by atoms with van der Waals surface area (Å²) in [6.45, 7) is 5.29. The average molecular weight is 162 g/mol. The van der Waals surface area contributed by atoms with Gasteiger partial charge < -0.3 is 0 Å². The first-order chi connectivity index (χ1) is 5.77. The summed E-state index contributed by atoms with van der Waals surface area (Å²) in [5.74, 6) is 3.24. The number of nitrogens with zero attached hydrogens (tertiary/aromatic N) is 2. The first-order valence-electron chi connectivity index (χ1n) is 4.26. The van der Waals surface area contributed by atoms with Crippen molar-refractivity contribution >= 4 is 0 Å². The standard InChI is InChI=1S/C10H14N2/c1-4-9(3)8-12-10(5-2)6-7-11-12/h2,6-7,9H,4,8H2,1,3H3. The molecule has 0 fully saturated rings. The van der Waals surface area contributed by atoms with Gasteiger partial charge in [0.1, 0.15) is 5.69 Å². The van der Waals surface area contributed by atoms with Gasteiger partial charge in [-0.2, -0.15) is 5.10 Å². The van der Waals surface area contributed by atoms with Crippen molar-refractivity contribution in [1.29, 1.82) is 0 Å². The highest BCUT2D eigenvalue weighted by Crippen LogP contribution is 2.06. The Balaban J connectivity index is 2.69. The molecule has 0 spiro atoms. The van der Waals surface area contributed by atoms with Gasteiger partial charge in [0.2, 0.25) is 0 Å². The van der Waals surface area contributed by atoms with Gasteiger partial charge in [-0.25, -0.2) is 0 Å². The second kappa shape index (κ2) is 3.96. The Hall–Kier alpha value is -1.23. The maximum absolute atomic E-state index is 5.30. The van der Waals surface area contributed by atoms with Crippen LogP contribution >= 0.6 is 0 Å². The molecule has 0 aromatic carbocycles. The molecule has 0 amide bonds. The highest BCUT2D eigenvalue weighted by atomic mass is 15.3. The van der Waals surface area contributed by atoms with E-state index in [1.165, 1.54) is 0 Å². The highest BCUT2D eigenvalue weighted by Gasteiger charge is 2.03. The summed E-state index contributed by atoms with van der Waals surface area (Å²) in [4.78, 5) is 0. The van der Waals surface area contributed by atoms with Crippen LogP contribution in [-0.4, -0.2) is 9.78 Å². The smallest absolute Gasteiger partial charge is 0.110 e. The summed E-state index contributed by atoms with van der Waals surface area (Å²) in [5, 5.41) is 4.15. The van der Waals surface area contributed by atoms with Gasteiger partial charge in [0, 0.05) is 6.54 Å². The molecule has 1 aromatic rings. The Bertz CT molecular complexity index is 280. The monoisotopic (exact) mass is 162 g/mol. The SMILES string of the molecule is C#Cc1ccnn1CC(C)CC. The van der Waals surface area contributed by atoms with Crippen molar-refractivity contribution in [3.05, 3.63) is 18.0 Å². The van der Waals surface area contributed by atoms with E-state index in [-0.39, 0.29) is 0 Å². The lowest BCUT2D eigenvalue weighted by Crippen LogP contribution is -2.09. The van der Waals surface area contributed by atoms with Crippen LogP contribution in [-0.2, 0) is 6.54 Å². The molecule has 0 radical (unpaired) electrons. The topological polar surface area (TPSA) is 17.8 Å². The van der Waals surface area contributed by atoms with Gasteiger partial charge in [-0.3, -0.25) is 4.68 Å². The van der Waals surface area contributed by atoms with E-state index in [0.29, 0.717) is 5.92 Å². The zero-order valence-corrected chi connectivity index (χ0v) is 7.62. The predicted octanol–water partition coefficient (Wildman–Crippen LogP) is 1.91. The first-order valence-corrected chi connectivity index (χ1v) is 4.26. The Labute approximate surface area is 73.6 Å². The van der Waals surface area contributed by atoms with Crippen LogP contribution in [0.15, 0.2) is 12.3 Å². The van der Waals surface area contributed by atoms with E-state index in [1.54, 1.807) is 6.20 Å². The van der Waals surface area contributed by atoms with Crippen LogP contribution in [0.5, 0.6) is 0 Å². The molecule has 64 valence electrons. The number of aromatic nitrogens is 2. The third-order valence-corrected chi connectivity index (χ3v) is 2.05. The van der Waals surface area contributed by atoms with E-state index in [9.17, 15) is 0 Å². The zero-order valence-electron chi connectivity index (χ0n) is 7.62. The van der Waals surface area contributed by atoms with Gasteiger partial charge in [0.15, 0.2) is 0 Å². The van der Waals surface area contributed by atoms with Crippen LogP contribution in [0.1, 0.15) is 26.0 Å². The van der Waals surface area contributed by atoms with Crippen molar-refractivity contribution in [1.82, 2.24) is 9.78 Å². The summed E-state index contributed by atoms with van der Waals surface area (Å²) < 4.78 is 1.88. The lowest BCUT2D eigenvalue weighted by atomic mass is 10.1. The minimum Gasteiger partial charge on any atom is -0.257 e. The van der Waals surface area contributed by atoms with Gasteiger partial charge >= 0.3 is 0 Å². The van der Waals surface area contributed by atoms with Gasteiger partial charge in [-0.15, -0.1) is 6.42 Å². The Kier molecular flexibility index (Phi) is 2.93. The molecule has 1 rings (SSSR count). The summed E-state index contributed by atoms with van der Waals surface area (Å²) in [5.41, 5.74) is 0.871. The van der Waals surface area contributed by atoms with E-state index in [1.807, 2.05) is 10.7 Å². The van der Waals surface area contributed by atoms with Crippen molar-refractivity contribution in [3.8, 4) is 12.3 Å². The molecule has 0 N–H and O–H groups in total. The van der Waals surface area contributed by atoms with E-state index in [0.717, 1.165) is 18.7 Å². The maximum Gasteiger partial charge on any atom is 0.110 e. The number of rotatable bonds is 3. The molecule has 0 aliphatic heterocycles. The lowest BCUT2D eigenvalue weighted by Gasteiger charge is -2.08. The van der Waals surface area contributed by atoms with Gasteiger partial charge in [-0.1, -0.05) is 26.2 Å². The number of hydrogen-bond acceptors (Lipinski definition) is 1. The van der Waals surface area contributed by atoms with Crippen molar-refractivity contribution < 1.29 is 0 Å². The third-order valence-electron chi connectivity index (χ3n) is 2.05. The molecule has 1 atom stereocenters. The summed E-state index contributed by atoms with van der Waals surface area (Å²) in [6, 6.07) is 1.86. The molecule has 12 heavy (non-hydrogen) atoms. The fourth-order valence-corrected chi connectivity index (χ4v) is 1.03. The molecule has 2 nitrogen and oxygen atoms in total. The molecule has 1 heterocycles. The Morgan fingerprint density at radius 2 is 2.50 bits per heavy atom. The molecule has 1 unspecified atom stereocenters. The maximum atomic E-state index is 5.30. The number of hydrogen-bond donors (Lipinski definition) is 0. The molecule has 1 aromatic heterocycles. The molecule has 0 saturated carbocycles.